The fraction of sp³-hybridized carbons (Fsp3) is 0. The molecule has 0 amide bonds. The lowest BCUT2D eigenvalue weighted by Crippen LogP contribution is -1.95. The van der Waals surface area contributed by atoms with Crippen molar-refractivity contribution in [2.24, 2.45) is 0 Å². The lowest BCUT2D eigenvalue weighted by molar-refractivity contribution is 1.19. The van der Waals surface area contributed by atoms with Gasteiger partial charge in [-0.1, -0.05) is 91.0 Å². The van der Waals surface area contributed by atoms with Crippen LogP contribution in [0.5, 0.6) is 0 Å². The van der Waals surface area contributed by atoms with Gasteiger partial charge < -0.3 is 9.13 Å². The van der Waals surface area contributed by atoms with Crippen molar-refractivity contribution >= 4 is 107 Å². The highest BCUT2D eigenvalue weighted by Gasteiger charge is 2.26. The second-order valence-electron chi connectivity index (χ2n) is 12.1. The molecule has 46 heavy (non-hydrogen) atoms. The SMILES string of the molecule is c1ccc(-n2c3ccccc3c3c4c5ccccc5n(-c5ccc6sc7ccccc7c6c5)c4c4c5ccccc5sc4c32)cc1. The minimum absolute atomic E-state index is 1.19. The number of fused-ring (bicyclic) bond motifs is 15. The molecule has 214 valence electrons. The standard InChI is InChI=1S/C42H24N2S2/c1-2-12-25(13-3-1)43-32-18-8-5-16-29(32)38-37-28-15-4-9-19-33(28)44(26-22-23-36-31(24-26)27-14-6-10-20-34(27)45-36)40(37)39-30-17-7-11-21-35(30)46-42(39)41(38)43/h1-24H. The van der Waals surface area contributed by atoms with Crippen molar-refractivity contribution < 1.29 is 0 Å². The first-order valence-electron chi connectivity index (χ1n) is 15.6. The topological polar surface area (TPSA) is 9.86 Å². The first kappa shape index (κ1) is 24.8. The van der Waals surface area contributed by atoms with E-state index in [0.717, 1.165) is 0 Å². The zero-order valence-corrected chi connectivity index (χ0v) is 26.2. The van der Waals surface area contributed by atoms with E-state index in [1.165, 1.54) is 95.3 Å². The van der Waals surface area contributed by atoms with Crippen LogP contribution in [-0.4, -0.2) is 9.13 Å². The molecule has 0 fully saturated rings. The van der Waals surface area contributed by atoms with Gasteiger partial charge in [0.15, 0.2) is 0 Å². The second kappa shape index (κ2) is 9.07. The average Bonchev–Trinajstić information content (AvgIpc) is 3.86. The molecule has 2 nitrogen and oxygen atoms in total. The number of hydrogen-bond acceptors (Lipinski definition) is 2. The molecule has 11 aromatic rings. The Balaban J connectivity index is 1.44. The van der Waals surface area contributed by atoms with E-state index in [4.69, 9.17) is 0 Å². The van der Waals surface area contributed by atoms with Gasteiger partial charge in [0.25, 0.3) is 0 Å². The summed E-state index contributed by atoms with van der Waals surface area (Å²) in [6, 6.07) is 53.6. The number of hydrogen-bond donors (Lipinski definition) is 0. The summed E-state index contributed by atoms with van der Waals surface area (Å²) in [6.07, 6.45) is 0. The van der Waals surface area contributed by atoms with Crippen LogP contribution in [0.3, 0.4) is 0 Å². The molecule has 11 rings (SSSR count). The first-order valence-corrected chi connectivity index (χ1v) is 17.2. The molecule has 0 aliphatic heterocycles. The fourth-order valence-electron chi connectivity index (χ4n) is 7.85. The van der Waals surface area contributed by atoms with Crippen LogP contribution in [0, 0.1) is 0 Å². The summed E-state index contributed by atoms with van der Waals surface area (Å²) in [6.45, 7) is 0. The van der Waals surface area contributed by atoms with E-state index < -0.39 is 0 Å². The summed E-state index contributed by atoms with van der Waals surface area (Å²) in [5, 5.41) is 10.5. The molecule has 0 aliphatic carbocycles. The summed E-state index contributed by atoms with van der Waals surface area (Å²) < 4.78 is 10.3. The van der Waals surface area contributed by atoms with Crippen LogP contribution in [0.15, 0.2) is 146 Å². The van der Waals surface area contributed by atoms with Crippen molar-refractivity contribution in [1.82, 2.24) is 9.13 Å². The van der Waals surface area contributed by atoms with Crippen LogP contribution in [0.2, 0.25) is 0 Å². The van der Waals surface area contributed by atoms with E-state index in [1.54, 1.807) is 0 Å². The fourth-order valence-corrected chi connectivity index (χ4v) is 10.2. The smallest absolute Gasteiger partial charge is 0.0727 e. The summed E-state index contributed by atoms with van der Waals surface area (Å²) in [5.74, 6) is 0. The van der Waals surface area contributed by atoms with E-state index in [9.17, 15) is 0 Å². The molecule has 4 heteroatoms. The molecule has 0 saturated carbocycles. The number of para-hydroxylation sites is 3. The van der Waals surface area contributed by atoms with Crippen molar-refractivity contribution in [2.45, 2.75) is 0 Å². The van der Waals surface area contributed by atoms with Gasteiger partial charge in [0.2, 0.25) is 0 Å². The molecule has 0 unspecified atom stereocenters. The summed E-state index contributed by atoms with van der Waals surface area (Å²) in [4.78, 5) is 0. The predicted molar refractivity (Wildman–Crippen MR) is 201 cm³/mol. The minimum Gasteiger partial charge on any atom is -0.309 e. The van der Waals surface area contributed by atoms with Gasteiger partial charge in [-0.25, -0.2) is 0 Å². The number of thiophene rings is 2. The van der Waals surface area contributed by atoms with Crippen LogP contribution >= 0.6 is 22.7 Å². The molecule has 0 N–H and O–H groups in total. The summed E-state index contributed by atoms with van der Waals surface area (Å²) >= 11 is 3.79. The lowest BCUT2D eigenvalue weighted by Gasteiger charge is -2.12. The summed E-state index contributed by atoms with van der Waals surface area (Å²) in [7, 11) is 0. The zero-order chi connectivity index (χ0) is 29.9. The van der Waals surface area contributed by atoms with Crippen LogP contribution in [0.25, 0.3) is 95.3 Å². The average molecular weight is 621 g/mol. The van der Waals surface area contributed by atoms with Gasteiger partial charge in [-0.3, -0.25) is 0 Å². The maximum Gasteiger partial charge on any atom is 0.0727 e. The monoisotopic (exact) mass is 620 g/mol. The molecule has 0 atom stereocenters. The van der Waals surface area contributed by atoms with Gasteiger partial charge in [0.05, 0.1) is 26.8 Å². The molecule has 4 aromatic heterocycles. The van der Waals surface area contributed by atoms with Crippen LogP contribution < -0.4 is 0 Å². The van der Waals surface area contributed by atoms with Gasteiger partial charge in [-0.05, 0) is 54.6 Å². The molecule has 0 spiro atoms. The van der Waals surface area contributed by atoms with Gasteiger partial charge in [0, 0.05) is 68.6 Å². The number of benzene rings is 7. The van der Waals surface area contributed by atoms with Gasteiger partial charge in [0.1, 0.15) is 0 Å². The Labute approximate surface area is 271 Å². The third kappa shape index (κ3) is 3.15. The van der Waals surface area contributed by atoms with E-state index in [2.05, 4.69) is 155 Å². The van der Waals surface area contributed by atoms with Gasteiger partial charge in [-0.15, -0.1) is 22.7 Å². The Morgan fingerprint density at radius 1 is 0.348 bits per heavy atom. The highest BCUT2D eigenvalue weighted by molar-refractivity contribution is 7.27. The molecular formula is C42H24N2S2. The molecule has 0 aliphatic rings. The maximum absolute atomic E-state index is 2.55. The Hall–Kier alpha value is -5.42. The molecule has 7 aromatic carbocycles. The van der Waals surface area contributed by atoms with Gasteiger partial charge >= 0.3 is 0 Å². The van der Waals surface area contributed by atoms with Crippen molar-refractivity contribution in [3.63, 3.8) is 0 Å². The van der Waals surface area contributed by atoms with Crippen LogP contribution in [0.1, 0.15) is 0 Å². The van der Waals surface area contributed by atoms with Crippen molar-refractivity contribution in [2.75, 3.05) is 0 Å². The van der Waals surface area contributed by atoms with Crippen LogP contribution in [0.4, 0.5) is 0 Å². The van der Waals surface area contributed by atoms with Crippen molar-refractivity contribution in [1.29, 1.82) is 0 Å². The molecule has 0 bridgehead atoms. The normalized spacial score (nSPS) is 12.3. The van der Waals surface area contributed by atoms with E-state index in [0.29, 0.717) is 0 Å². The predicted octanol–water partition coefficient (Wildman–Crippen LogP) is 12.6. The minimum atomic E-state index is 1.19. The third-order valence-electron chi connectivity index (χ3n) is 9.68. The Bertz CT molecular complexity index is 3020. The Kier molecular flexibility index (Phi) is 4.90. The Morgan fingerprint density at radius 2 is 0.891 bits per heavy atom. The van der Waals surface area contributed by atoms with E-state index in [1.807, 2.05) is 22.7 Å². The largest absolute Gasteiger partial charge is 0.309 e. The number of aromatic nitrogens is 2. The second-order valence-corrected chi connectivity index (χ2v) is 14.2. The first-order chi connectivity index (χ1) is 22.8. The van der Waals surface area contributed by atoms with Crippen molar-refractivity contribution in [3.8, 4) is 11.4 Å². The Morgan fingerprint density at radius 3 is 1.63 bits per heavy atom. The highest BCUT2D eigenvalue weighted by Crippen LogP contribution is 2.51. The molecule has 4 heterocycles. The van der Waals surface area contributed by atoms with E-state index in [-0.39, 0.29) is 0 Å². The highest BCUT2D eigenvalue weighted by atomic mass is 32.1. The van der Waals surface area contributed by atoms with Crippen LogP contribution in [-0.2, 0) is 0 Å². The summed E-state index contributed by atoms with van der Waals surface area (Å²) in [5.41, 5.74) is 7.43. The molecule has 0 radical (unpaired) electrons. The van der Waals surface area contributed by atoms with Crippen molar-refractivity contribution in [3.05, 3.63) is 146 Å². The number of rotatable bonds is 2. The quantitative estimate of drug-likeness (QED) is 0.182. The molecule has 0 saturated heterocycles. The third-order valence-corrected chi connectivity index (χ3v) is 12.0. The zero-order valence-electron chi connectivity index (χ0n) is 24.6. The maximum atomic E-state index is 2.55. The molecular weight excluding hydrogens is 597 g/mol. The number of nitrogens with zero attached hydrogens (tertiary/aromatic N) is 2. The lowest BCUT2D eigenvalue weighted by atomic mass is 10.0. The van der Waals surface area contributed by atoms with E-state index >= 15 is 0 Å². The van der Waals surface area contributed by atoms with Gasteiger partial charge in [-0.2, -0.15) is 0 Å².